The summed E-state index contributed by atoms with van der Waals surface area (Å²) in [5.41, 5.74) is 2.18. The lowest BCUT2D eigenvalue weighted by Gasteiger charge is -2.35. The lowest BCUT2D eigenvalue weighted by Crippen LogP contribution is -2.47. The molecule has 158 valence electrons. The highest BCUT2D eigenvalue weighted by molar-refractivity contribution is 6.32. The third-order valence-corrected chi connectivity index (χ3v) is 5.17. The van der Waals surface area contributed by atoms with Crippen molar-refractivity contribution in [1.29, 1.82) is 0 Å². The third kappa shape index (κ3) is 4.21. The fraction of sp³-hybridized carbons (Fsp3) is 0.273. The molecule has 2 N–H and O–H groups in total. The monoisotopic (exact) mass is 430 g/mol. The molecule has 0 saturated heterocycles. The number of rotatable bonds is 6. The Kier molecular flexibility index (Phi) is 6.52. The first-order valence-corrected chi connectivity index (χ1v) is 9.81. The van der Waals surface area contributed by atoms with Gasteiger partial charge in [0.1, 0.15) is 0 Å². The smallest absolute Gasteiger partial charge is 0.338 e. The van der Waals surface area contributed by atoms with E-state index in [-0.39, 0.29) is 34.7 Å². The van der Waals surface area contributed by atoms with Crippen molar-refractivity contribution >= 4 is 23.6 Å². The van der Waals surface area contributed by atoms with Crippen LogP contribution in [0.1, 0.15) is 31.0 Å². The number of hydrogen-bond donors (Lipinski definition) is 2. The number of nitrogens with zero attached hydrogens (tertiary/aromatic N) is 1. The van der Waals surface area contributed by atoms with E-state index in [0.29, 0.717) is 17.8 Å². The van der Waals surface area contributed by atoms with E-state index in [1.165, 1.54) is 24.1 Å². The van der Waals surface area contributed by atoms with E-state index >= 15 is 0 Å². The van der Waals surface area contributed by atoms with Crippen molar-refractivity contribution in [2.24, 2.45) is 0 Å². The van der Waals surface area contributed by atoms with Gasteiger partial charge in [-0.2, -0.15) is 0 Å². The SMILES string of the molecule is CCOC(=O)C1=C(C)N(Cc2ccccc2)C(=O)NC1c1cc(Cl)c(O)c(OC)c1. The van der Waals surface area contributed by atoms with Crippen molar-refractivity contribution in [3.63, 3.8) is 0 Å². The van der Waals surface area contributed by atoms with E-state index in [1.807, 2.05) is 30.3 Å². The van der Waals surface area contributed by atoms with Crippen molar-refractivity contribution in [3.8, 4) is 11.5 Å². The summed E-state index contributed by atoms with van der Waals surface area (Å²) in [4.78, 5) is 27.3. The lowest BCUT2D eigenvalue weighted by molar-refractivity contribution is -0.139. The molecule has 0 aromatic heterocycles. The molecule has 30 heavy (non-hydrogen) atoms. The summed E-state index contributed by atoms with van der Waals surface area (Å²) >= 11 is 6.13. The van der Waals surface area contributed by atoms with Gasteiger partial charge in [-0.3, -0.25) is 4.90 Å². The second-order valence-corrected chi connectivity index (χ2v) is 7.13. The van der Waals surface area contributed by atoms with Crippen LogP contribution in [0, 0.1) is 0 Å². The average Bonchev–Trinajstić information content (AvgIpc) is 2.73. The minimum absolute atomic E-state index is 0.0474. The molecule has 8 heteroatoms. The summed E-state index contributed by atoms with van der Waals surface area (Å²) < 4.78 is 10.4. The number of amides is 2. The number of phenols is 1. The minimum Gasteiger partial charge on any atom is -0.503 e. The zero-order chi connectivity index (χ0) is 21.8. The second kappa shape index (κ2) is 9.09. The summed E-state index contributed by atoms with van der Waals surface area (Å²) in [5, 5.41) is 12.9. The highest BCUT2D eigenvalue weighted by Gasteiger charge is 2.37. The first kappa shape index (κ1) is 21.5. The summed E-state index contributed by atoms with van der Waals surface area (Å²) in [6.45, 7) is 3.91. The average molecular weight is 431 g/mol. The van der Waals surface area contributed by atoms with E-state index in [0.717, 1.165) is 5.56 Å². The number of urea groups is 1. The van der Waals surface area contributed by atoms with E-state index < -0.39 is 12.0 Å². The van der Waals surface area contributed by atoms with Gasteiger partial charge in [-0.15, -0.1) is 0 Å². The number of aromatic hydroxyl groups is 1. The Morgan fingerprint density at radius 3 is 2.60 bits per heavy atom. The quantitative estimate of drug-likeness (QED) is 0.672. The molecule has 3 rings (SSSR count). The van der Waals surface area contributed by atoms with Gasteiger partial charge in [0.15, 0.2) is 11.5 Å². The molecule has 0 saturated carbocycles. The maximum absolute atomic E-state index is 12.9. The van der Waals surface area contributed by atoms with Crippen molar-refractivity contribution in [2.45, 2.75) is 26.4 Å². The second-order valence-electron chi connectivity index (χ2n) is 6.73. The van der Waals surface area contributed by atoms with Gasteiger partial charge in [-0.25, -0.2) is 9.59 Å². The number of ether oxygens (including phenoxy) is 2. The Labute approximate surface area is 179 Å². The van der Waals surface area contributed by atoms with Gasteiger partial charge in [0, 0.05) is 5.70 Å². The van der Waals surface area contributed by atoms with Gasteiger partial charge >= 0.3 is 12.0 Å². The van der Waals surface area contributed by atoms with Crippen LogP contribution in [-0.2, 0) is 16.1 Å². The Morgan fingerprint density at radius 2 is 1.97 bits per heavy atom. The molecule has 0 spiro atoms. The molecule has 1 heterocycles. The first-order valence-electron chi connectivity index (χ1n) is 9.43. The number of methoxy groups -OCH3 is 1. The largest absolute Gasteiger partial charge is 0.503 e. The molecular formula is C22H23ClN2O5. The number of carbonyl (C=O) groups is 2. The van der Waals surface area contributed by atoms with Crippen LogP contribution < -0.4 is 10.1 Å². The van der Waals surface area contributed by atoms with Crippen LogP contribution in [0.2, 0.25) is 5.02 Å². The predicted octanol–water partition coefficient (Wildman–Crippen LogP) is 4.16. The van der Waals surface area contributed by atoms with Gasteiger partial charge < -0.3 is 19.9 Å². The molecular weight excluding hydrogens is 408 g/mol. The number of phenolic OH excluding ortho intramolecular Hbond substituents is 1. The predicted molar refractivity (Wildman–Crippen MR) is 112 cm³/mol. The minimum atomic E-state index is -0.810. The summed E-state index contributed by atoms with van der Waals surface area (Å²) in [7, 11) is 1.39. The fourth-order valence-electron chi connectivity index (χ4n) is 3.38. The Hall–Kier alpha value is -3.19. The van der Waals surface area contributed by atoms with Crippen LogP contribution in [0.3, 0.4) is 0 Å². The van der Waals surface area contributed by atoms with Crippen molar-refractivity contribution in [3.05, 3.63) is 69.9 Å². The first-order chi connectivity index (χ1) is 14.4. The van der Waals surface area contributed by atoms with Gasteiger partial charge in [-0.1, -0.05) is 41.9 Å². The van der Waals surface area contributed by atoms with Crippen LogP contribution in [0.4, 0.5) is 4.79 Å². The number of allylic oxidation sites excluding steroid dienone is 1. The molecule has 0 bridgehead atoms. The molecule has 2 aromatic carbocycles. The third-order valence-electron chi connectivity index (χ3n) is 4.88. The zero-order valence-corrected chi connectivity index (χ0v) is 17.7. The van der Waals surface area contributed by atoms with E-state index in [9.17, 15) is 14.7 Å². The van der Waals surface area contributed by atoms with Crippen LogP contribution in [-0.4, -0.2) is 35.7 Å². The molecule has 2 amide bonds. The molecule has 2 aromatic rings. The van der Waals surface area contributed by atoms with E-state index in [1.54, 1.807) is 13.8 Å². The molecule has 1 unspecified atom stereocenters. The maximum atomic E-state index is 12.9. The summed E-state index contributed by atoms with van der Waals surface area (Å²) in [5.74, 6) is -0.616. The Balaban J connectivity index is 2.09. The molecule has 7 nitrogen and oxygen atoms in total. The van der Waals surface area contributed by atoms with Crippen molar-refractivity contribution in [2.75, 3.05) is 13.7 Å². The highest BCUT2D eigenvalue weighted by atomic mass is 35.5. The summed E-state index contributed by atoms with van der Waals surface area (Å²) in [6.07, 6.45) is 0. The molecule has 0 fully saturated rings. The van der Waals surface area contributed by atoms with Gasteiger partial charge in [-0.05, 0) is 37.1 Å². The number of halogens is 1. The van der Waals surface area contributed by atoms with Crippen LogP contribution >= 0.6 is 11.6 Å². The Morgan fingerprint density at radius 1 is 1.27 bits per heavy atom. The molecule has 1 aliphatic heterocycles. The number of benzene rings is 2. The fourth-order valence-corrected chi connectivity index (χ4v) is 3.60. The standard InChI is InChI=1S/C22H23ClN2O5/c1-4-30-21(27)18-13(2)25(12-14-8-6-5-7-9-14)22(28)24-19(18)15-10-16(23)20(26)17(11-15)29-3/h5-11,19,26H,4,12H2,1-3H3,(H,24,28). The van der Waals surface area contributed by atoms with Gasteiger partial charge in [0.25, 0.3) is 0 Å². The molecule has 1 aliphatic rings. The molecule has 1 atom stereocenters. The van der Waals surface area contributed by atoms with Crippen LogP contribution in [0.5, 0.6) is 11.5 Å². The lowest BCUT2D eigenvalue weighted by atomic mass is 9.94. The topological polar surface area (TPSA) is 88.1 Å². The van der Waals surface area contributed by atoms with Gasteiger partial charge in [0.05, 0.1) is 36.9 Å². The van der Waals surface area contributed by atoms with Crippen molar-refractivity contribution < 1.29 is 24.2 Å². The van der Waals surface area contributed by atoms with Crippen LogP contribution in [0.25, 0.3) is 0 Å². The highest BCUT2D eigenvalue weighted by Crippen LogP contribution is 2.40. The van der Waals surface area contributed by atoms with E-state index in [4.69, 9.17) is 21.1 Å². The number of hydrogen-bond acceptors (Lipinski definition) is 5. The van der Waals surface area contributed by atoms with Crippen LogP contribution in [0.15, 0.2) is 53.7 Å². The van der Waals surface area contributed by atoms with Crippen molar-refractivity contribution in [1.82, 2.24) is 10.2 Å². The maximum Gasteiger partial charge on any atom is 0.338 e. The molecule has 0 radical (unpaired) electrons. The summed E-state index contributed by atoms with van der Waals surface area (Å²) in [6, 6.07) is 11.3. The number of carbonyl (C=O) groups excluding carboxylic acids is 2. The molecule has 0 aliphatic carbocycles. The van der Waals surface area contributed by atoms with E-state index in [2.05, 4.69) is 5.32 Å². The number of nitrogens with one attached hydrogen (secondary N) is 1. The normalized spacial score (nSPS) is 16.3. The zero-order valence-electron chi connectivity index (χ0n) is 16.9. The van der Waals surface area contributed by atoms with Gasteiger partial charge in [0.2, 0.25) is 0 Å². The number of esters is 1. The Bertz CT molecular complexity index is 991.